The van der Waals surface area contributed by atoms with Crippen molar-refractivity contribution in [2.45, 2.75) is 0 Å². The van der Waals surface area contributed by atoms with E-state index in [1.165, 1.54) is 43.5 Å². The molecule has 0 aliphatic heterocycles. The third-order valence-corrected chi connectivity index (χ3v) is 2.70. The maximum atomic E-state index is 11.7. The van der Waals surface area contributed by atoms with Crippen molar-refractivity contribution in [3.8, 4) is 11.3 Å². The van der Waals surface area contributed by atoms with Gasteiger partial charge in [0.25, 0.3) is 11.2 Å². The second-order valence-corrected chi connectivity index (χ2v) is 3.91. The molecule has 0 aliphatic rings. The normalized spacial score (nSPS) is 10.1. The molecule has 7 heteroatoms. The van der Waals surface area contributed by atoms with Crippen molar-refractivity contribution in [1.82, 2.24) is 4.98 Å². The highest BCUT2D eigenvalue weighted by Crippen LogP contribution is 2.19. The number of aromatic amines is 1. The van der Waals surface area contributed by atoms with Crippen molar-refractivity contribution in [3.63, 3.8) is 0 Å². The average molecular weight is 274 g/mol. The Hall–Kier alpha value is -2.96. The Bertz CT molecular complexity index is 718. The van der Waals surface area contributed by atoms with E-state index in [0.717, 1.165) is 0 Å². The van der Waals surface area contributed by atoms with Crippen LogP contribution in [-0.4, -0.2) is 23.0 Å². The molecule has 0 fully saturated rings. The maximum absolute atomic E-state index is 11.7. The predicted molar refractivity (Wildman–Crippen MR) is 70.5 cm³/mol. The third kappa shape index (κ3) is 2.56. The largest absolute Gasteiger partial charge is 0.465 e. The number of benzene rings is 1. The van der Waals surface area contributed by atoms with Crippen LogP contribution in [0.4, 0.5) is 5.69 Å². The molecule has 2 rings (SSSR count). The number of nitrogens with zero attached hydrogens (tertiary/aromatic N) is 1. The van der Waals surface area contributed by atoms with Crippen LogP contribution in [-0.2, 0) is 4.74 Å². The minimum atomic E-state index is -0.721. The van der Waals surface area contributed by atoms with Gasteiger partial charge in [-0.25, -0.2) is 4.79 Å². The Morgan fingerprint density at radius 2 is 1.85 bits per heavy atom. The van der Waals surface area contributed by atoms with E-state index in [0.29, 0.717) is 11.3 Å². The number of hydrogen-bond donors (Lipinski definition) is 1. The molecule has 0 spiro atoms. The molecule has 0 unspecified atom stereocenters. The number of nitrogens with one attached hydrogen (secondary N) is 1. The van der Waals surface area contributed by atoms with E-state index in [-0.39, 0.29) is 11.3 Å². The van der Waals surface area contributed by atoms with Gasteiger partial charge in [0.15, 0.2) is 0 Å². The molecule has 0 radical (unpaired) electrons. The van der Waals surface area contributed by atoms with E-state index in [1.807, 2.05) is 0 Å². The summed E-state index contributed by atoms with van der Waals surface area (Å²) in [6.45, 7) is 0. The van der Waals surface area contributed by atoms with Gasteiger partial charge in [0, 0.05) is 17.8 Å². The molecule has 0 atom stereocenters. The van der Waals surface area contributed by atoms with Crippen LogP contribution in [0.3, 0.4) is 0 Å². The van der Waals surface area contributed by atoms with Crippen LogP contribution < -0.4 is 5.56 Å². The molecule has 1 aromatic carbocycles. The molecule has 2 aromatic rings. The fraction of sp³-hybridized carbons (Fsp3) is 0.0769. The average Bonchev–Trinajstić information content (AvgIpc) is 2.46. The van der Waals surface area contributed by atoms with Gasteiger partial charge in [0.05, 0.1) is 12.0 Å². The third-order valence-electron chi connectivity index (χ3n) is 2.70. The predicted octanol–water partition coefficient (Wildman–Crippen LogP) is 1.74. The zero-order chi connectivity index (χ0) is 14.7. The second kappa shape index (κ2) is 5.35. The van der Waals surface area contributed by atoms with E-state index in [9.17, 15) is 19.7 Å². The topological polar surface area (TPSA) is 102 Å². The van der Waals surface area contributed by atoms with E-state index in [1.54, 1.807) is 0 Å². The number of esters is 1. The molecule has 102 valence electrons. The van der Waals surface area contributed by atoms with Crippen LogP contribution >= 0.6 is 0 Å². The molecule has 0 aliphatic carbocycles. The standard InChI is InChI=1S/C13H10N2O5/c1-20-13(17)10-6-7-11(14-12(10)16)8-2-4-9(5-3-8)15(18)19/h2-7H,1H3,(H,14,16). The van der Waals surface area contributed by atoms with Crippen molar-refractivity contribution in [1.29, 1.82) is 0 Å². The van der Waals surface area contributed by atoms with E-state index < -0.39 is 16.5 Å². The van der Waals surface area contributed by atoms with E-state index in [2.05, 4.69) is 9.72 Å². The summed E-state index contributed by atoms with van der Waals surface area (Å²) < 4.78 is 4.47. The van der Waals surface area contributed by atoms with Gasteiger partial charge in [0.2, 0.25) is 0 Å². The molecule has 20 heavy (non-hydrogen) atoms. The molecular formula is C13H10N2O5. The molecule has 1 N–H and O–H groups in total. The Balaban J connectivity index is 2.39. The zero-order valence-corrected chi connectivity index (χ0v) is 10.5. The number of rotatable bonds is 3. The first-order valence-electron chi connectivity index (χ1n) is 5.59. The number of methoxy groups -OCH3 is 1. The molecule has 0 amide bonds. The molecule has 0 saturated carbocycles. The molecule has 0 bridgehead atoms. The van der Waals surface area contributed by atoms with Crippen LogP contribution in [0.25, 0.3) is 11.3 Å². The van der Waals surface area contributed by atoms with Crippen molar-refractivity contribution in [2.24, 2.45) is 0 Å². The fourth-order valence-electron chi connectivity index (χ4n) is 1.68. The van der Waals surface area contributed by atoms with Crippen LogP contribution in [0, 0.1) is 10.1 Å². The van der Waals surface area contributed by atoms with Gasteiger partial charge < -0.3 is 9.72 Å². The fourth-order valence-corrected chi connectivity index (χ4v) is 1.68. The summed E-state index contributed by atoms with van der Waals surface area (Å²) in [5.41, 5.74) is 0.342. The summed E-state index contributed by atoms with van der Waals surface area (Å²) >= 11 is 0. The monoisotopic (exact) mass is 274 g/mol. The number of ether oxygens (including phenoxy) is 1. The molecule has 7 nitrogen and oxygen atoms in total. The number of carbonyl (C=O) groups excluding carboxylic acids is 1. The highest BCUT2D eigenvalue weighted by molar-refractivity contribution is 5.89. The SMILES string of the molecule is COC(=O)c1ccc(-c2ccc([N+](=O)[O-])cc2)[nH]c1=O. The van der Waals surface area contributed by atoms with Crippen molar-refractivity contribution >= 4 is 11.7 Å². The number of nitro benzene ring substituents is 1. The first-order valence-corrected chi connectivity index (χ1v) is 5.59. The number of H-pyrrole nitrogens is 1. The van der Waals surface area contributed by atoms with E-state index >= 15 is 0 Å². The molecule has 0 saturated heterocycles. The number of hydrogen-bond acceptors (Lipinski definition) is 5. The lowest BCUT2D eigenvalue weighted by atomic mass is 10.1. The Kier molecular flexibility index (Phi) is 3.60. The number of pyridine rings is 1. The molecule has 1 heterocycles. The highest BCUT2D eigenvalue weighted by Gasteiger charge is 2.12. The summed E-state index contributed by atoms with van der Waals surface area (Å²) in [7, 11) is 1.19. The number of nitro groups is 1. The first-order chi connectivity index (χ1) is 9.52. The van der Waals surface area contributed by atoms with Gasteiger partial charge in [0.1, 0.15) is 5.56 Å². The lowest BCUT2D eigenvalue weighted by Crippen LogP contribution is -2.18. The number of aromatic nitrogens is 1. The smallest absolute Gasteiger partial charge is 0.343 e. The van der Waals surface area contributed by atoms with Crippen molar-refractivity contribution < 1.29 is 14.5 Å². The van der Waals surface area contributed by atoms with Crippen molar-refractivity contribution in [3.05, 3.63) is 62.4 Å². The van der Waals surface area contributed by atoms with Gasteiger partial charge in [-0.15, -0.1) is 0 Å². The van der Waals surface area contributed by atoms with Crippen molar-refractivity contribution in [2.75, 3.05) is 7.11 Å². The van der Waals surface area contributed by atoms with Gasteiger partial charge in [-0.1, -0.05) is 0 Å². The lowest BCUT2D eigenvalue weighted by molar-refractivity contribution is -0.384. The number of carbonyl (C=O) groups is 1. The Morgan fingerprint density at radius 1 is 1.20 bits per heavy atom. The number of non-ortho nitro benzene ring substituents is 1. The Morgan fingerprint density at radius 3 is 2.35 bits per heavy atom. The van der Waals surface area contributed by atoms with Crippen LogP contribution in [0.5, 0.6) is 0 Å². The summed E-state index contributed by atoms with van der Waals surface area (Å²) in [6, 6.07) is 8.59. The Labute approximate surface area is 113 Å². The molecular weight excluding hydrogens is 264 g/mol. The first kappa shape index (κ1) is 13.5. The van der Waals surface area contributed by atoms with Gasteiger partial charge in [-0.05, 0) is 29.8 Å². The summed E-state index contributed by atoms with van der Waals surface area (Å²) in [5.74, 6) is -0.721. The maximum Gasteiger partial charge on any atom is 0.343 e. The summed E-state index contributed by atoms with van der Waals surface area (Å²) in [4.78, 5) is 35.6. The van der Waals surface area contributed by atoms with Crippen LogP contribution in [0.1, 0.15) is 10.4 Å². The lowest BCUT2D eigenvalue weighted by Gasteiger charge is -2.03. The van der Waals surface area contributed by atoms with E-state index in [4.69, 9.17) is 0 Å². The zero-order valence-electron chi connectivity index (χ0n) is 10.5. The van der Waals surface area contributed by atoms with Crippen LogP contribution in [0.2, 0.25) is 0 Å². The minimum Gasteiger partial charge on any atom is -0.465 e. The van der Waals surface area contributed by atoms with Gasteiger partial charge in [-0.2, -0.15) is 0 Å². The second-order valence-electron chi connectivity index (χ2n) is 3.91. The van der Waals surface area contributed by atoms with Crippen LogP contribution in [0.15, 0.2) is 41.2 Å². The summed E-state index contributed by atoms with van der Waals surface area (Å²) in [6.07, 6.45) is 0. The van der Waals surface area contributed by atoms with Gasteiger partial charge >= 0.3 is 5.97 Å². The summed E-state index contributed by atoms with van der Waals surface area (Å²) in [5, 5.41) is 10.6. The highest BCUT2D eigenvalue weighted by atomic mass is 16.6. The minimum absolute atomic E-state index is 0.0396. The van der Waals surface area contributed by atoms with Gasteiger partial charge in [-0.3, -0.25) is 14.9 Å². The molecule has 1 aromatic heterocycles. The quantitative estimate of drug-likeness (QED) is 0.521.